The van der Waals surface area contributed by atoms with E-state index < -0.39 is 0 Å². The number of carbonyl (C=O) groups excluding carboxylic acids is 1. The molecule has 0 radical (unpaired) electrons. The molecule has 0 N–H and O–H groups in total. The van der Waals surface area contributed by atoms with Gasteiger partial charge in [-0.2, -0.15) is 0 Å². The molecule has 1 aliphatic heterocycles. The monoisotopic (exact) mass is 327 g/mol. The van der Waals surface area contributed by atoms with Gasteiger partial charge in [0, 0.05) is 11.7 Å². The maximum Gasteiger partial charge on any atom is 0.239 e. The zero-order valence-corrected chi connectivity index (χ0v) is 14.3. The minimum absolute atomic E-state index is 0.148. The van der Waals surface area contributed by atoms with Crippen molar-refractivity contribution in [3.05, 3.63) is 102 Å². The number of benzene rings is 3. The summed E-state index contributed by atoms with van der Waals surface area (Å²) in [5, 5.41) is 0. The van der Waals surface area contributed by atoms with Crippen LogP contribution in [-0.2, 0) is 11.2 Å². The second-order valence-electron chi connectivity index (χ2n) is 6.64. The molecule has 25 heavy (non-hydrogen) atoms. The van der Waals surface area contributed by atoms with E-state index in [2.05, 4.69) is 19.1 Å². The van der Waals surface area contributed by atoms with Crippen LogP contribution in [0.1, 0.15) is 29.5 Å². The van der Waals surface area contributed by atoms with Crippen LogP contribution in [0.3, 0.4) is 0 Å². The van der Waals surface area contributed by atoms with Crippen LogP contribution >= 0.6 is 0 Å². The number of fused-ring (bicyclic) bond motifs is 1. The molecule has 2 heteroatoms. The zero-order valence-electron chi connectivity index (χ0n) is 14.3. The Kier molecular flexibility index (Phi) is 4.10. The first kappa shape index (κ1) is 15.6. The van der Waals surface area contributed by atoms with Gasteiger partial charge in [-0.3, -0.25) is 4.79 Å². The van der Waals surface area contributed by atoms with E-state index in [4.69, 9.17) is 0 Å². The molecule has 0 spiro atoms. The number of hydrogen-bond donors (Lipinski definition) is 0. The van der Waals surface area contributed by atoms with Crippen molar-refractivity contribution in [1.29, 1.82) is 0 Å². The molecule has 0 aromatic heterocycles. The summed E-state index contributed by atoms with van der Waals surface area (Å²) in [5.41, 5.74) is 4.38. The molecule has 0 saturated carbocycles. The van der Waals surface area contributed by atoms with Crippen LogP contribution in [0.2, 0.25) is 0 Å². The summed E-state index contributed by atoms with van der Waals surface area (Å²) < 4.78 is 0. The predicted molar refractivity (Wildman–Crippen MR) is 102 cm³/mol. The summed E-state index contributed by atoms with van der Waals surface area (Å²) in [6.07, 6.45) is 0.915. The van der Waals surface area contributed by atoms with Gasteiger partial charge in [0.15, 0.2) is 0 Å². The van der Waals surface area contributed by atoms with Crippen molar-refractivity contribution in [1.82, 2.24) is 0 Å². The third kappa shape index (κ3) is 2.85. The molecule has 0 saturated heterocycles. The Balaban J connectivity index is 1.79. The summed E-state index contributed by atoms with van der Waals surface area (Å²) >= 11 is 0. The standard InChI is InChI=1S/C23H21NO/c1-17-16-20-14-8-9-15-21(20)24(17)23(25)22(18-10-4-2-5-11-18)19-12-6-3-7-13-19/h2-15,17,22H,16H2,1H3/t17-/m1/s1. The third-order valence-corrected chi connectivity index (χ3v) is 4.96. The molecule has 2 nitrogen and oxygen atoms in total. The van der Waals surface area contributed by atoms with E-state index in [0.29, 0.717) is 0 Å². The molecule has 0 bridgehead atoms. The number of carbonyl (C=O) groups is 1. The summed E-state index contributed by atoms with van der Waals surface area (Å²) in [6.45, 7) is 2.13. The molecule has 0 unspecified atom stereocenters. The molecule has 3 aromatic carbocycles. The van der Waals surface area contributed by atoms with Crippen molar-refractivity contribution < 1.29 is 4.79 Å². The van der Waals surface area contributed by atoms with E-state index in [1.54, 1.807) is 0 Å². The number of rotatable bonds is 3. The van der Waals surface area contributed by atoms with Crippen LogP contribution in [0.4, 0.5) is 5.69 Å². The van der Waals surface area contributed by atoms with Crippen molar-refractivity contribution in [2.45, 2.75) is 25.3 Å². The van der Waals surface area contributed by atoms with Crippen LogP contribution in [0.25, 0.3) is 0 Å². The van der Waals surface area contributed by atoms with Gasteiger partial charge < -0.3 is 4.90 Å². The lowest BCUT2D eigenvalue weighted by atomic mass is 9.89. The van der Waals surface area contributed by atoms with Crippen LogP contribution in [0.5, 0.6) is 0 Å². The van der Waals surface area contributed by atoms with E-state index >= 15 is 0 Å². The number of nitrogens with zero attached hydrogens (tertiary/aromatic N) is 1. The van der Waals surface area contributed by atoms with Gasteiger partial charge in [-0.05, 0) is 36.1 Å². The zero-order chi connectivity index (χ0) is 17.2. The molecular weight excluding hydrogens is 306 g/mol. The lowest BCUT2D eigenvalue weighted by molar-refractivity contribution is -0.119. The minimum atomic E-state index is -0.281. The van der Waals surface area contributed by atoms with Gasteiger partial charge in [-0.1, -0.05) is 78.9 Å². The highest BCUT2D eigenvalue weighted by molar-refractivity contribution is 6.02. The largest absolute Gasteiger partial charge is 0.308 e. The maximum absolute atomic E-state index is 13.6. The Hall–Kier alpha value is -2.87. The first-order chi connectivity index (χ1) is 12.3. The first-order valence-corrected chi connectivity index (χ1v) is 8.76. The van der Waals surface area contributed by atoms with Crippen molar-refractivity contribution in [3.8, 4) is 0 Å². The number of anilines is 1. The smallest absolute Gasteiger partial charge is 0.239 e. The molecule has 1 amide bonds. The van der Waals surface area contributed by atoms with Crippen LogP contribution in [0.15, 0.2) is 84.9 Å². The normalized spacial score (nSPS) is 16.1. The predicted octanol–water partition coefficient (Wildman–Crippen LogP) is 4.80. The summed E-state index contributed by atoms with van der Waals surface area (Å²) in [7, 11) is 0. The van der Waals surface area contributed by atoms with Gasteiger partial charge in [-0.15, -0.1) is 0 Å². The van der Waals surface area contributed by atoms with Gasteiger partial charge in [0.2, 0.25) is 5.91 Å². The summed E-state index contributed by atoms with van der Waals surface area (Å²) in [4.78, 5) is 15.6. The van der Waals surface area contributed by atoms with E-state index in [-0.39, 0.29) is 17.9 Å². The Morgan fingerprint density at radius 2 is 1.36 bits per heavy atom. The SMILES string of the molecule is C[C@@H]1Cc2ccccc2N1C(=O)C(c1ccccc1)c1ccccc1. The van der Waals surface area contributed by atoms with Crippen molar-refractivity contribution in [2.24, 2.45) is 0 Å². The van der Waals surface area contributed by atoms with Gasteiger partial charge in [0.25, 0.3) is 0 Å². The first-order valence-electron chi connectivity index (χ1n) is 8.76. The second kappa shape index (κ2) is 6.56. The molecule has 1 heterocycles. The number of para-hydroxylation sites is 1. The van der Waals surface area contributed by atoms with Crippen molar-refractivity contribution in [2.75, 3.05) is 4.90 Å². The molecular formula is C23H21NO. The van der Waals surface area contributed by atoms with Crippen molar-refractivity contribution >= 4 is 11.6 Å². The Bertz CT molecular complexity index is 833. The quantitative estimate of drug-likeness (QED) is 0.677. The molecule has 0 fully saturated rings. The average Bonchev–Trinajstić information content (AvgIpc) is 2.99. The number of amides is 1. The highest BCUT2D eigenvalue weighted by atomic mass is 16.2. The lowest BCUT2D eigenvalue weighted by Gasteiger charge is -2.28. The Morgan fingerprint density at radius 3 is 1.96 bits per heavy atom. The molecule has 1 aliphatic rings. The van der Waals surface area contributed by atoms with Gasteiger partial charge in [-0.25, -0.2) is 0 Å². The van der Waals surface area contributed by atoms with Crippen LogP contribution in [-0.4, -0.2) is 11.9 Å². The van der Waals surface area contributed by atoms with Crippen molar-refractivity contribution in [3.63, 3.8) is 0 Å². The summed E-state index contributed by atoms with van der Waals surface area (Å²) in [6, 6.07) is 28.6. The van der Waals surface area contributed by atoms with E-state index in [9.17, 15) is 4.79 Å². The van der Waals surface area contributed by atoms with E-state index in [1.165, 1.54) is 5.56 Å². The van der Waals surface area contributed by atoms with E-state index in [0.717, 1.165) is 23.2 Å². The molecule has 3 aromatic rings. The highest BCUT2D eigenvalue weighted by Gasteiger charge is 2.35. The van der Waals surface area contributed by atoms with Gasteiger partial charge >= 0.3 is 0 Å². The topological polar surface area (TPSA) is 20.3 Å². The molecule has 4 rings (SSSR count). The minimum Gasteiger partial charge on any atom is -0.308 e. The molecule has 1 atom stereocenters. The molecule has 124 valence electrons. The van der Waals surface area contributed by atoms with Gasteiger partial charge in [0.1, 0.15) is 0 Å². The fourth-order valence-electron chi connectivity index (χ4n) is 3.81. The third-order valence-electron chi connectivity index (χ3n) is 4.96. The highest BCUT2D eigenvalue weighted by Crippen LogP contribution is 2.36. The summed E-state index contributed by atoms with van der Waals surface area (Å²) in [5.74, 6) is -0.133. The van der Waals surface area contributed by atoms with E-state index in [1.807, 2.05) is 77.7 Å². The van der Waals surface area contributed by atoms with Crippen LogP contribution < -0.4 is 4.90 Å². The maximum atomic E-state index is 13.6. The van der Waals surface area contributed by atoms with Gasteiger partial charge in [0.05, 0.1) is 5.92 Å². The number of hydrogen-bond acceptors (Lipinski definition) is 1. The second-order valence-corrected chi connectivity index (χ2v) is 6.64. The lowest BCUT2D eigenvalue weighted by Crippen LogP contribution is -2.39. The fraction of sp³-hybridized carbons (Fsp3) is 0.174. The van der Waals surface area contributed by atoms with Crippen LogP contribution in [0, 0.1) is 0 Å². The Labute approximate surface area is 148 Å². The average molecular weight is 327 g/mol. The molecule has 0 aliphatic carbocycles. The fourth-order valence-corrected chi connectivity index (χ4v) is 3.81. The Morgan fingerprint density at radius 1 is 0.840 bits per heavy atom.